The summed E-state index contributed by atoms with van der Waals surface area (Å²) in [6.07, 6.45) is 1.28. The van der Waals surface area contributed by atoms with Crippen LogP contribution in [-0.4, -0.2) is 31.6 Å². The lowest BCUT2D eigenvalue weighted by molar-refractivity contribution is -0.147. The second-order valence-electron chi connectivity index (χ2n) is 5.16. The van der Waals surface area contributed by atoms with Crippen LogP contribution in [0.5, 0.6) is 0 Å². The Hall–Kier alpha value is -1.88. The normalized spacial score (nSPS) is 13.3. The van der Waals surface area contributed by atoms with E-state index in [9.17, 15) is 9.59 Å². The number of rotatable bonds is 7. The molecule has 0 aliphatic carbocycles. The maximum absolute atomic E-state index is 12.4. The molecule has 0 aliphatic rings. The molecule has 0 bridgehead atoms. The highest BCUT2D eigenvalue weighted by molar-refractivity contribution is 5.98. The van der Waals surface area contributed by atoms with Gasteiger partial charge >= 0.3 is 5.97 Å². The molecule has 0 saturated heterocycles. The number of nitrogens with one attached hydrogen (secondary N) is 1. The van der Waals surface area contributed by atoms with Crippen LogP contribution in [-0.2, 0) is 20.9 Å². The zero-order chi connectivity index (χ0) is 15.9. The summed E-state index contributed by atoms with van der Waals surface area (Å²) in [6.45, 7) is 4.07. The summed E-state index contributed by atoms with van der Waals surface area (Å²) in [4.78, 5) is 24.3. The van der Waals surface area contributed by atoms with Gasteiger partial charge in [-0.25, -0.2) is 4.79 Å². The molecule has 1 aromatic rings. The van der Waals surface area contributed by atoms with Crippen molar-refractivity contribution < 1.29 is 19.1 Å². The minimum Gasteiger partial charge on any atom is -0.467 e. The van der Waals surface area contributed by atoms with Gasteiger partial charge in [0.15, 0.2) is 0 Å². The molecule has 0 aromatic heterocycles. The SMILES string of the molecule is CCCC(C)(NC(=O)c1cccc(COC)c1)C(=O)OC. The first-order chi connectivity index (χ1) is 9.96. The van der Waals surface area contributed by atoms with Crippen molar-refractivity contribution in [1.82, 2.24) is 5.32 Å². The number of hydrogen-bond acceptors (Lipinski definition) is 4. The van der Waals surface area contributed by atoms with Crippen LogP contribution >= 0.6 is 0 Å². The molecule has 1 unspecified atom stereocenters. The summed E-state index contributed by atoms with van der Waals surface area (Å²) in [5.74, 6) is -0.736. The van der Waals surface area contributed by atoms with E-state index in [0.29, 0.717) is 18.6 Å². The van der Waals surface area contributed by atoms with Crippen LogP contribution in [0, 0.1) is 0 Å². The van der Waals surface area contributed by atoms with Crippen molar-refractivity contribution in [1.29, 1.82) is 0 Å². The number of benzene rings is 1. The van der Waals surface area contributed by atoms with Gasteiger partial charge in [-0.05, 0) is 31.0 Å². The first kappa shape index (κ1) is 17.2. The van der Waals surface area contributed by atoms with E-state index in [1.165, 1.54) is 7.11 Å². The number of methoxy groups -OCH3 is 2. The fourth-order valence-electron chi connectivity index (χ4n) is 2.23. The maximum Gasteiger partial charge on any atom is 0.331 e. The van der Waals surface area contributed by atoms with E-state index in [4.69, 9.17) is 9.47 Å². The van der Waals surface area contributed by atoms with Gasteiger partial charge in [0.25, 0.3) is 5.91 Å². The van der Waals surface area contributed by atoms with Crippen LogP contribution in [0.15, 0.2) is 24.3 Å². The van der Waals surface area contributed by atoms with Crippen molar-refractivity contribution in [2.45, 2.75) is 38.8 Å². The number of ether oxygens (including phenoxy) is 2. The Bertz CT molecular complexity index is 501. The van der Waals surface area contributed by atoms with Crippen LogP contribution in [0.25, 0.3) is 0 Å². The van der Waals surface area contributed by atoms with E-state index in [0.717, 1.165) is 12.0 Å². The molecule has 0 heterocycles. The Labute approximate surface area is 125 Å². The number of amides is 1. The van der Waals surface area contributed by atoms with Gasteiger partial charge in [0, 0.05) is 12.7 Å². The zero-order valence-electron chi connectivity index (χ0n) is 13.1. The van der Waals surface area contributed by atoms with Gasteiger partial charge in [0.05, 0.1) is 13.7 Å². The van der Waals surface area contributed by atoms with Gasteiger partial charge < -0.3 is 14.8 Å². The minimum atomic E-state index is -1.02. The molecule has 0 fully saturated rings. The van der Waals surface area contributed by atoms with Gasteiger partial charge in [-0.1, -0.05) is 25.5 Å². The van der Waals surface area contributed by atoms with E-state index in [1.807, 2.05) is 13.0 Å². The fraction of sp³-hybridized carbons (Fsp3) is 0.500. The molecule has 1 aromatic carbocycles. The molecule has 0 radical (unpaired) electrons. The summed E-state index contributed by atoms with van der Waals surface area (Å²) in [7, 11) is 2.92. The monoisotopic (exact) mass is 293 g/mol. The Kier molecular flexibility index (Phi) is 6.37. The second-order valence-corrected chi connectivity index (χ2v) is 5.16. The molecular formula is C16H23NO4. The van der Waals surface area contributed by atoms with Crippen molar-refractivity contribution in [3.05, 3.63) is 35.4 Å². The molecule has 116 valence electrons. The molecule has 1 rings (SSSR count). The molecule has 0 saturated carbocycles. The third kappa shape index (κ3) is 4.56. The van der Waals surface area contributed by atoms with Gasteiger partial charge in [-0.2, -0.15) is 0 Å². The average molecular weight is 293 g/mol. The predicted octanol–water partition coefficient (Wildman–Crippen LogP) is 2.29. The Morgan fingerprint density at radius 3 is 2.57 bits per heavy atom. The van der Waals surface area contributed by atoms with Crippen LogP contribution in [0.2, 0.25) is 0 Å². The highest BCUT2D eigenvalue weighted by Crippen LogP contribution is 2.16. The summed E-state index contributed by atoms with van der Waals surface area (Å²) in [6, 6.07) is 7.13. The topological polar surface area (TPSA) is 64.6 Å². The number of esters is 1. The predicted molar refractivity (Wildman–Crippen MR) is 80.0 cm³/mol. The molecule has 1 atom stereocenters. The Balaban J connectivity index is 2.91. The summed E-state index contributed by atoms with van der Waals surface area (Å²) < 4.78 is 9.85. The van der Waals surface area contributed by atoms with Gasteiger partial charge in [-0.3, -0.25) is 4.79 Å². The van der Waals surface area contributed by atoms with Crippen LogP contribution in [0.4, 0.5) is 0 Å². The van der Waals surface area contributed by atoms with E-state index in [-0.39, 0.29) is 5.91 Å². The average Bonchev–Trinajstić information content (AvgIpc) is 2.47. The first-order valence-electron chi connectivity index (χ1n) is 6.95. The maximum atomic E-state index is 12.4. The molecule has 0 spiro atoms. The van der Waals surface area contributed by atoms with Crippen molar-refractivity contribution in [3.8, 4) is 0 Å². The highest BCUT2D eigenvalue weighted by Gasteiger charge is 2.35. The number of carbonyl (C=O) groups excluding carboxylic acids is 2. The first-order valence-corrected chi connectivity index (χ1v) is 6.95. The third-order valence-electron chi connectivity index (χ3n) is 3.28. The molecule has 5 heteroatoms. The van der Waals surface area contributed by atoms with Crippen LogP contribution in [0.3, 0.4) is 0 Å². The Morgan fingerprint density at radius 2 is 2.00 bits per heavy atom. The lowest BCUT2D eigenvalue weighted by Gasteiger charge is -2.27. The van der Waals surface area contributed by atoms with Gasteiger partial charge in [0.2, 0.25) is 0 Å². The lowest BCUT2D eigenvalue weighted by Crippen LogP contribution is -2.52. The third-order valence-corrected chi connectivity index (χ3v) is 3.28. The van der Waals surface area contributed by atoms with Gasteiger partial charge in [0.1, 0.15) is 5.54 Å². The summed E-state index contributed by atoms with van der Waals surface area (Å²) in [5.41, 5.74) is 0.383. The fourth-order valence-corrected chi connectivity index (χ4v) is 2.23. The highest BCUT2D eigenvalue weighted by atomic mass is 16.5. The molecule has 1 amide bonds. The smallest absolute Gasteiger partial charge is 0.331 e. The molecule has 1 N–H and O–H groups in total. The van der Waals surface area contributed by atoms with Crippen LogP contribution in [0.1, 0.15) is 42.6 Å². The van der Waals surface area contributed by atoms with Crippen molar-refractivity contribution in [2.24, 2.45) is 0 Å². The lowest BCUT2D eigenvalue weighted by atomic mass is 9.95. The molecule has 0 aliphatic heterocycles. The van der Waals surface area contributed by atoms with E-state index in [1.54, 1.807) is 32.2 Å². The Morgan fingerprint density at radius 1 is 1.29 bits per heavy atom. The van der Waals surface area contributed by atoms with E-state index < -0.39 is 11.5 Å². The zero-order valence-corrected chi connectivity index (χ0v) is 13.1. The van der Waals surface area contributed by atoms with E-state index >= 15 is 0 Å². The standard InChI is InChI=1S/C16H23NO4/c1-5-9-16(2,15(19)21-4)17-14(18)13-8-6-7-12(10-13)11-20-3/h6-8,10H,5,9,11H2,1-4H3,(H,17,18). The molecular weight excluding hydrogens is 270 g/mol. The minimum absolute atomic E-state index is 0.297. The molecule has 21 heavy (non-hydrogen) atoms. The van der Waals surface area contributed by atoms with Crippen molar-refractivity contribution in [2.75, 3.05) is 14.2 Å². The van der Waals surface area contributed by atoms with Crippen LogP contribution < -0.4 is 5.32 Å². The summed E-state index contributed by atoms with van der Waals surface area (Å²) >= 11 is 0. The summed E-state index contributed by atoms with van der Waals surface area (Å²) in [5, 5.41) is 2.78. The number of hydrogen-bond donors (Lipinski definition) is 1. The van der Waals surface area contributed by atoms with Crippen molar-refractivity contribution >= 4 is 11.9 Å². The van der Waals surface area contributed by atoms with Crippen molar-refractivity contribution in [3.63, 3.8) is 0 Å². The van der Waals surface area contributed by atoms with E-state index in [2.05, 4.69) is 5.32 Å². The second kappa shape index (κ2) is 7.78. The largest absolute Gasteiger partial charge is 0.467 e. The quantitative estimate of drug-likeness (QED) is 0.783. The number of carbonyl (C=O) groups is 2. The molecule has 5 nitrogen and oxygen atoms in total. The van der Waals surface area contributed by atoms with Gasteiger partial charge in [-0.15, -0.1) is 0 Å².